The van der Waals surface area contributed by atoms with Gasteiger partial charge in [-0.05, 0) is 40.5 Å². The summed E-state index contributed by atoms with van der Waals surface area (Å²) >= 11 is 3.19. The molecule has 7 nitrogen and oxygen atoms in total. The van der Waals surface area contributed by atoms with Gasteiger partial charge in [-0.3, -0.25) is 9.59 Å². The highest BCUT2D eigenvalue weighted by atomic mass is 79.9. The number of aliphatic carboxylic acids is 1. The van der Waals surface area contributed by atoms with Crippen LogP contribution < -0.4 is 11.1 Å². The lowest BCUT2D eigenvalue weighted by Gasteiger charge is -2.14. The van der Waals surface area contributed by atoms with Gasteiger partial charge in [0.1, 0.15) is 6.04 Å². The quantitative estimate of drug-likeness (QED) is 0.518. The Hall–Kier alpha value is -2.09. The van der Waals surface area contributed by atoms with Crippen LogP contribution in [0.1, 0.15) is 23.2 Å². The zero-order chi connectivity index (χ0) is 16.0. The fourth-order valence-corrected chi connectivity index (χ4v) is 2.00. The number of anilines is 1. The predicted octanol–water partition coefficient (Wildman–Crippen LogP) is 1.17. The Morgan fingerprint density at radius 1 is 1.43 bits per heavy atom. The van der Waals surface area contributed by atoms with Crippen LogP contribution in [-0.2, 0) is 14.3 Å². The van der Waals surface area contributed by atoms with Crippen molar-refractivity contribution in [1.29, 1.82) is 0 Å². The molecule has 0 unspecified atom stereocenters. The molecule has 21 heavy (non-hydrogen) atoms. The maximum Gasteiger partial charge on any atom is 0.326 e. The number of esters is 1. The molecule has 4 N–H and O–H groups in total. The van der Waals surface area contributed by atoms with Crippen LogP contribution in [0.4, 0.5) is 5.69 Å². The van der Waals surface area contributed by atoms with Gasteiger partial charge in [-0.15, -0.1) is 0 Å². The Bertz CT molecular complexity index is 561. The number of ether oxygens (including phenoxy) is 1. The van der Waals surface area contributed by atoms with Gasteiger partial charge in [0.2, 0.25) is 0 Å². The Kier molecular flexibility index (Phi) is 6.16. The highest BCUT2D eigenvalue weighted by molar-refractivity contribution is 9.10. The zero-order valence-corrected chi connectivity index (χ0v) is 12.8. The zero-order valence-electron chi connectivity index (χ0n) is 11.3. The fraction of sp³-hybridized carbons (Fsp3) is 0.308. The molecule has 1 aromatic rings. The van der Waals surface area contributed by atoms with Crippen molar-refractivity contribution in [2.24, 2.45) is 0 Å². The van der Waals surface area contributed by atoms with Crippen molar-refractivity contribution in [1.82, 2.24) is 5.32 Å². The maximum absolute atomic E-state index is 12.1. The Labute approximate surface area is 129 Å². The highest BCUT2D eigenvalue weighted by Crippen LogP contribution is 2.19. The van der Waals surface area contributed by atoms with Crippen LogP contribution >= 0.6 is 15.9 Å². The third-order valence-corrected chi connectivity index (χ3v) is 3.39. The smallest absolute Gasteiger partial charge is 0.326 e. The van der Waals surface area contributed by atoms with Gasteiger partial charge in [-0.2, -0.15) is 0 Å². The van der Waals surface area contributed by atoms with Crippen LogP contribution in [0, 0.1) is 0 Å². The third kappa shape index (κ3) is 5.07. The lowest BCUT2D eigenvalue weighted by Crippen LogP contribution is -2.41. The summed E-state index contributed by atoms with van der Waals surface area (Å²) in [4.78, 5) is 34.2. The Morgan fingerprint density at radius 3 is 2.67 bits per heavy atom. The maximum atomic E-state index is 12.1. The van der Waals surface area contributed by atoms with E-state index in [0.717, 1.165) is 0 Å². The van der Waals surface area contributed by atoms with Gasteiger partial charge in [0.05, 0.1) is 12.7 Å². The summed E-state index contributed by atoms with van der Waals surface area (Å²) in [7, 11) is 1.21. The number of benzene rings is 1. The van der Waals surface area contributed by atoms with Gasteiger partial charge in [0.25, 0.3) is 5.91 Å². The minimum absolute atomic E-state index is 0.0618. The first kappa shape index (κ1) is 17.0. The summed E-state index contributed by atoms with van der Waals surface area (Å²) in [6, 6.07) is 3.44. The summed E-state index contributed by atoms with van der Waals surface area (Å²) in [5.74, 6) is -2.36. The van der Waals surface area contributed by atoms with Gasteiger partial charge >= 0.3 is 11.9 Å². The van der Waals surface area contributed by atoms with E-state index in [9.17, 15) is 14.4 Å². The van der Waals surface area contributed by atoms with E-state index in [-0.39, 0.29) is 18.4 Å². The van der Waals surface area contributed by atoms with E-state index in [4.69, 9.17) is 10.8 Å². The van der Waals surface area contributed by atoms with Gasteiger partial charge in [-0.25, -0.2) is 4.79 Å². The van der Waals surface area contributed by atoms with Gasteiger partial charge in [-0.1, -0.05) is 0 Å². The average molecular weight is 359 g/mol. The molecule has 1 atom stereocenters. The highest BCUT2D eigenvalue weighted by Gasteiger charge is 2.22. The van der Waals surface area contributed by atoms with Crippen LogP contribution in [0.3, 0.4) is 0 Å². The minimum Gasteiger partial charge on any atom is -0.480 e. The number of carbonyl (C=O) groups is 3. The molecule has 8 heteroatoms. The summed E-state index contributed by atoms with van der Waals surface area (Å²) in [5.41, 5.74) is 6.19. The van der Waals surface area contributed by atoms with Crippen LogP contribution in [-0.4, -0.2) is 36.1 Å². The minimum atomic E-state index is -1.23. The molecular formula is C13H15BrN2O5. The summed E-state index contributed by atoms with van der Waals surface area (Å²) in [6.07, 6.45) is -0.167. The molecule has 0 aliphatic rings. The van der Waals surface area contributed by atoms with E-state index in [1.54, 1.807) is 12.1 Å². The largest absolute Gasteiger partial charge is 0.480 e. The number of nitrogens with two attached hydrogens (primary N) is 1. The molecule has 1 rings (SSSR count). The van der Waals surface area contributed by atoms with Crippen molar-refractivity contribution in [2.75, 3.05) is 12.8 Å². The van der Waals surface area contributed by atoms with E-state index in [2.05, 4.69) is 26.0 Å². The lowest BCUT2D eigenvalue weighted by atomic mass is 10.1. The number of carbonyl (C=O) groups excluding carboxylic acids is 2. The van der Waals surface area contributed by atoms with E-state index < -0.39 is 23.9 Å². The first-order valence-electron chi connectivity index (χ1n) is 6.00. The number of nitrogens with one attached hydrogen (secondary N) is 1. The molecule has 0 radical (unpaired) electrons. The number of nitrogen functional groups attached to an aromatic ring is 1. The first-order valence-corrected chi connectivity index (χ1v) is 6.80. The molecule has 0 aliphatic heterocycles. The third-order valence-electron chi connectivity index (χ3n) is 2.70. The van der Waals surface area contributed by atoms with Crippen molar-refractivity contribution < 1.29 is 24.2 Å². The van der Waals surface area contributed by atoms with E-state index in [0.29, 0.717) is 10.2 Å². The SMILES string of the molecule is COC(=O)CC[C@@H](NC(=O)c1cc(N)ccc1Br)C(=O)O. The van der Waals surface area contributed by atoms with E-state index in [1.807, 2.05) is 0 Å². The molecule has 0 saturated heterocycles. The van der Waals surface area contributed by atoms with Crippen LogP contribution in [0.5, 0.6) is 0 Å². The van der Waals surface area contributed by atoms with Crippen molar-refractivity contribution >= 4 is 39.5 Å². The number of carboxylic acids is 1. The number of halogens is 1. The van der Waals surface area contributed by atoms with Crippen LogP contribution in [0.2, 0.25) is 0 Å². The van der Waals surface area contributed by atoms with E-state index >= 15 is 0 Å². The van der Waals surface area contributed by atoms with Crippen molar-refractivity contribution in [3.63, 3.8) is 0 Å². The number of rotatable bonds is 6. The molecule has 114 valence electrons. The molecule has 0 bridgehead atoms. The molecule has 0 aliphatic carbocycles. The summed E-state index contributed by atoms with van der Waals surface area (Å²) in [5, 5.41) is 11.4. The Morgan fingerprint density at radius 2 is 2.10 bits per heavy atom. The number of methoxy groups -OCH3 is 1. The molecule has 1 aromatic carbocycles. The fourth-order valence-electron chi connectivity index (χ4n) is 1.57. The van der Waals surface area contributed by atoms with E-state index in [1.165, 1.54) is 13.2 Å². The second-order valence-electron chi connectivity index (χ2n) is 4.22. The number of amides is 1. The van der Waals surface area contributed by atoms with Crippen LogP contribution in [0.25, 0.3) is 0 Å². The van der Waals surface area contributed by atoms with Gasteiger partial charge in [0, 0.05) is 16.6 Å². The van der Waals surface area contributed by atoms with Gasteiger partial charge < -0.3 is 20.9 Å². The molecule has 1 amide bonds. The number of carboxylic acid groups (broad SMARTS) is 1. The Balaban J connectivity index is 2.79. The van der Waals surface area contributed by atoms with Gasteiger partial charge in [0.15, 0.2) is 0 Å². The molecule has 0 heterocycles. The normalized spacial score (nSPS) is 11.5. The average Bonchev–Trinajstić information content (AvgIpc) is 2.44. The number of hydrogen-bond donors (Lipinski definition) is 3. The predicted molar refractivity (Wildman–Crippen MR) is 78.7 cm³/mol. The molecule has 0 spiro atoms. The van der Waals surface area contributed by atoms with Crippen LogP contribution in [0.15, 0.2) is 22.7 Å². The molecule has 0 aromatic heterocycles. The molecular weight excluding hydrogens is 344 g/mol. The first-order chi connectivity index (χ1) is 9.85. The van der Waals surface area contributed by atoms with Crippen molar-refractivity contribution in [2.45, 2.75) is 18.9 Å². The van der Waals surface area contributed by atoms with Crippen molar-refractivity contribution in [3.8, 4) is 0 Å². The standard InChI is InChI=1S/C13H15BrN2O5/c1-21-11(17)5-4-10(13(19)20)16-12(18)8-6-7(15)2-3-9(8)14/h2-3,6,10H,4-5,15H2,1H3,(H,16,18)(H,19,20)/t10-/m1/s1. The lowest BCUT2D eigenvalue weighted by molar-refractivity contribution is -0.142. The topological polar surface area (TPSA) is 119 Å². The second kappa shape index (κ2) is 7.63. The number of hydrogen-bond acceptors (Lipinski definition) is 5. The monoisotopic (exact) mass is 358 g/mol. The summed E-state index contributed by atoms with van der Waals surface area (Å²) < 4.78 is 4.93. The molecule has 0 fully saturated rings. The molecule has 0 saturated carbocycles. The summed E-state index contributed by atoms with van der Waals surface area (Å²) in [6.45, 7) is 0. The van der Waals surface area contributed by atoms with Crippen molar-refractivity contribution in [3.05, 3.63) is 28.2 Å². The second-order valence-corrected chi connectivity index (χ2v) is 5.07.